The number of para-hydroxylation sites is 1. The molecular formula is C17H18N2O. The van der Waals surface area contributed by atoms with Crippen LogP contribution in [0.25, 0.3) is 0 Å². The Balaban J connectivity index is 1.73. The number of anilines is 1. The first-order valence-corrected chi connectivity index (χ1v) is 7.19. The minimum Gasteiger partial charge on any atom is -0.386 e. The number of fused-ring (bicyclic) bond motifs is 2. The number of benzene rings is 2. The van der Waals surface area contributed by atoms with E-state index in [1.165, 1.54) is 16.7 Å². The predicted octanol–water partition coefficient (Wildman–Crippen LogP) is 2.53. The molecule has 2 unspecified atom stereocenters. The van der Waals surface area contributed by atoms with Gasteiger partial charge in [0, 0.05) is 24.3 Å². The largest absolute Gasteiger partial charge is 0.386 e. The number of rotatable bonds is 2. The molecule has 4 rings (SSSR count). The molecule has 0 amide bonds. The van der Waals surface area contributed by atoms with Crippen LogP contribution in [0.1, 0.15) is 34.4 Å². The Labute approximate surface area is 118 Å². The van der Waals surface area contributed by atoms with Crippen LogP contribution in [0, 0.1) is 0 Å². The molecular weight excluding hydrogens is 248 g/mol. The Morgan fingerprint density at radius 1 is 1.05 bits per heavy atom. The average Bonchev–Trinajstić information content (AvgIpc) is 3.12. The average molecular weight is 266 g/mol. The minimum atomic E-state index is -0.515. The lowest BCUT2D eigenvalue weighted by Crippen LogP contribution is -2.21. The molecule has 20 heavy (non-hydrogen) atoms. The first-order chi connectivity index (χ1) is 9.84. The van der Waals surface area contributed by atoms with Gasteiger partial charge < -0.3 is 15.7 Å². The van der Waals surface area contributed by atoms with E-state index < -0.39 is 6.10 Å². The van der Waals surface area contributed by atoms with Crippen LogP contribution in [0.15, 0.2) is 42.5 Å². The van der Waals surface area contributed by atoms with Crippen LogP contribution in [0.2, 0.25) is 0 Å². The van der Waals surface area contributed by atoms with Gasteiger partial charge in [0.25, 0.3) is 0 Å². The van der Waals surface area contributed by atoms with Gasteiger partial charge in [-0.3, -0.25) is 0 Å². The van der Waals surface area contributed by atoms with Crippen LogP contribution in [-0.2, 0) is 13.0 Å². The van der Waals surface area contributed by atoms with Crippen LogP contribution in [0.4, 0.5) is 5.69 Å². The van der Waals surface area contributed by atoms with Gasteiger partial charge in [0.15, 0.2) is 0 Å². The van der Waals surface area contributed by atoms with Gasteiger partial charge in [-0.2, -0.15) is 0 Å². The zero-order valence-corrected chi connectivity index (χ0v) is 11.3. The Bertz CT molecular complexity index is 653. The standard InChI is InChI=1S/C17H18N2O/c20-17(14-7-3-5-11-8-9-18-15(11)14)16-13-6-2-1-4-12(13)10-19-16/h1-7,16-20H,8-10H2. The molecule has 0 aliphatic carbocycles. The van der Waals surface area contributed by atoms with E-state index >= 15 is 0 Å². The summed E-state index contributed by atoms with van der Waals surface area (Å²) >= 11 is 0. The number of hydrogen-bond acceptors (Lipinski definition) is 3. The fourth-order valence-corrected chi connectivity index (χ4v) is 3.40. The smallest absolute Gasteiger partial charge is 0.100 e. The Morgan fingerprint density at radius 2 is 1.90 bits per heavy atom. The Kier molecular flexibility index (Phi) is 2.76. The highest BCUT2D eigenvalue weighted by Crippen LogP contribution is 2.39. The predicted molar refractivity (Wildman–Crippen MR) is 79.6 cm³/mol. The lowest BCUT2D eigenvalue weighted by atomic mass is 9.94. The van der Waals surface area contributed by atoms with E-state index in [0.717, 1.165) is 30.8 Å². The zero-order valence-electron chi connectivity index (χ0n) is 11.3. The number of aliphatic hydroxyl groups is 1. The Hall–Kier alpha value is -1.84. The van der Waals surface area contributed by atoms with E-state index in [9.17, 15) is 5.11 Å². The van der Waals surface area contributed by atoms with Gasteiger partial charge in [-0.1, -0.05) is 42.5 Å². The Morgan fingerprint density at radius 3 is 2.85 bits per heavy atom. The molecule has 0 spiro atoms. The second-order valence-electron chi connectivity index (χ2n) is 5.56. The van der Waals surface area contributed by atoms with Crippen molar-refractivity contribution in [3.63, 3.8) is 0 Å². The van der Waals surface area contributed by atoms with Gasteiger partial charge in [0.1, 0.15) is 6.10 Å². The summed E-state index contributed by atoms with van der Waals surface area (Å²) in [6.07, 6.45) is 0.532. The van der Waals surface area contributed by atoms with Gasteiger partial charge in [0.2, 0.25) is 0 Å². The number of aliphatic hydroxyl groups excluding tert-OH is 1. The highest BCUT2D eigenvalue weighted by molar-refractivity contribution is 5.62. The molecule has 3 nitrogen and oxygen atoms in total. The fourth-order valence-electron chi connectivity index (χ4n) is 3.40. The molecule has 2 aromatic carbocycles. The highest BCUT2D eigenvalue weighted by atomic mass is 16.3. The first kappa shape index (κ1) is 11.9. The maximum Gasteiger partial charge on any atom is 0.100 e. The molecule has 3 heteroatoms. The van der Waals surface area contributed by atoms with Crippen molar-refractivity contribution in [1.82, 2.24) is 5.32 Å². The summed E-state index contributed by atoms with van der Waals surface area (Å²) in [5, 5.41) is 17.7. The van der Waals surface area contributed by atoms with E-state index in [1.54, 1.807) is 0 Å². The lowest BCUT2D eigenvalue weighted by molar-refractivity contribution is 0.134. The molecule has 2 aliphatic heterocycles. The summed E-state index contributed by atoms with van der Waals surface area (Å²) < 4.78 is 0. The lowest BCUT2D eigenvalue weighted by Gasteiger charge is -2.22. The van der Waals surface area contributed by atoms with Crippen molar-refractivity contribution >= 4 is 5.69 Å². The monoisotopic (exact) mass is 266 g/mol. The van der Waals surface area contributed by atoms with Crippen LogP contribution in [0.3, 0.4) is 0 Å². The van der Waals surface area contributed by atoms with E-state index in [4.69, 9.17) is 0 Å². The van der Waals surface area contributed by atoms with E-state index in [-0.39, 0.29) is 6.04 Å². The van der Waals surface area contributed by atoms with Crippen LogP contribution in [-0.4, -0.2) is 11.7 Å². The number of nitrogens with one attached hydrogen (secondary N) is 2. The van der Waals surface area contributed by atoms with E-state index in [1.807, 2.05) is 18.2 Å². The van der Waals surface area contributed by atoms with Crippen molar-refractivity contribution in [2.75, 3.05) is 11.9 Å². The second-order valence-corrected chi connectivity index (χ2v) is 5.56. The van der Waals surface area contributed by atoms with Crippen LogP contribution in [0.5, 0.6) is 0 Å². The molecule has 2 aliphatic rings. The van der Waals surface area contributed by atoms with Gasteiger partial charge >= 0.3 is 0 Å². The maximum atomic E-state index is 10.8. The molecule has 102 valence electrons. The molecule has 3 N–H and O–H groups in total. The summed E-state index contributed by atoms with van der Waals surface area (Å²) in [5.41, 5.74) is 5.96. The quantitative estimate of drug-likeness (QED) is 0.782. The molecule has 0 saturated heterocycles. The van der Waals surface area contributed by atoms with Crippen LogP contribution < -0.4 is 10.6 Å². The minimum absolute atomic E-state index is 0.0138. The van der Waals surface area contributed by atoms with Gasteiger partial charge in [-0.15, -0.1) is 0 Å². The molecule has 0 radical (unpaired) electrons. The third-order valence-electron chi connectivity index (χ3n) is 4.42. The van der Waals surface area contributed by atoms with Crippen molar-refractivity contribution < 1.29 is 5.11 Å². The maximum absolute atomic E-state index is 10.8. The van der Waals surface area contributed by atoms with Crippen LogP contribution >= 0.6 is 0 Å². The molecule has 0 aromatic heterocycles. The van der Waals surface area contributed by atoms with Gasteiger partial charge in [-0.25, -0.2) is 0 Å². The molecule has 0 bridgehead atoms. The van der Waals surface area contributed by atoms with Crippen molar-refractivity contribution in [2.24, 2.45) is 0 Å². The highest BCUT2D eigenvalue weighted by Gasteiger charge is 2.31. The summed E-state index contributed by atoms with van der Waals surface area (Å²) in [6, 6.07) is 14.5. The zero-order chi connectivity index (χ0) is 13.5. The topological polar surface area (TPSA) is 44.3 Å². The summed E-state index contributed by atoms with van der Waals surface area (Å²) in [7, 11) is 0. The third kappa shape index (κ3) is 1.74. The van der Waals surface area contributed by atoms with Crippen molar-refractivity contribution in [2.45, 2.75) is 25.1 Å². The van der Waals surface area contributed by atoms with Gasteiger partial charge in [-0.05, 0) is 23.1 Å². The normalized spacial score (nSPS) is 21.1. The first-order valence-electron chi connectivity index (χ1n) is 7.19. The van der Waals surface area contributed by atoms with Crippen molar-refractivity contribution in [3.8, 4) is 0 Å². The molecule has 2 atom stereocenters. The summed E-state index contributed by atoms with van der Waals surface area (Å²) in [5.74, 6) is 0. The SMILES string of the molecule is OC(c1cccc2c1NCC2)C1NCc2ccccc21. The second kappa shape index (κ2) is 4.62. The molecule has 0 saturated carbocycles. The third-order valence-corrected chi connectivity index (χ3v) is 4.42. The van der Waals surface area contributed by atoms with E-state index in [0.29, 0.717) is 0 Å². The summed E-state index contributed by atoms with van der Waals surface area (Å²) in [4.78, 5) is 0. The molecule has 0 fully saturated rings. The van der Waals surface area contributed by atoms with Crippen molar-refractivity contribution in [1.29, 1.82) is 0 Å². The van der Waals surface area contributed by atoms with E-state index in [2.05, 4.69) is 34.9 Å². The molecule has 2 heterocycles. The van der Waals surface area contributed by atoms with Gasteiger partial charge in [0.05, 0.1) is 6.04 Å². The molecule has 2 aromatic rings. The van der Waals surface area contributed by atoms with Crippen molar-refractivity contribution in [3.05, 3.63) is 64.7 Å². The fraction of sp³-hybridized carbons (Fsp3) is 0.294. The number of hydrogen-bond donors (Lipinski definition) is 3. The summed E-state index contributed by atoms with van der Waals surface area (Å²) in [6.45, 7) is 1.80.